The van der Waals surface area contributed by atoms with Gasteiger partial charge in [-0.3, -0.25) is 9.69 Å². The summed E-state index contributed by atoms with van der Waals surface area (Å²) in [6.07, 6.45) is 1.53. The van der Waals surface area contributed by atoms with Crippen LogP contribution < -0.4 is 5.32 Å². The Bertz CT molecular complexity index is 533. The maximum absolute atomic E-state index is 12.1. The minimum Gasteiger partial charge on any atom is -0.446 e. The molecule has 7 heteroatoms. The van der Waals surface area contributed by atoms with Gasteiger partial charge in [0.15, 0.2) is 6.39 Å². The van der Waals surface area contributed by atoms with Crippen molar-refractivity contribution in [2.75, 3.05) is 6.54 Å². The van der Waals surface area contributed by atoms with Crippen LogP contribution in [0.4, 0.5) is 4.79 Å². The lowest BCUT2D eigenvalue weighted by atomic mass is 10.0. The zero-order valence-corrected chi connectivity index (χ0v) is 12.8. The van der Waals surface area contributed by atoms with Crippen molar-refractivity contribution in [1.29, 1.82) is 0 Å². The fourth-order valence-electron chi connectivity index (χ4n) is 1.98. The molecule has 0 aromatic carbocycles. The summed E-state index contributed by atoms with van der Waals surface area (Å²) in [4.78, 5) is 29.4. The summed E-state index contributed by atoms with van der Waals surface area (Å²) in [5, 5.41) is 2.75. The Kier molecular flexibility index (Phi) is 4.20. The van der Waals surface area contributed by atoms with Crippen LogP contribution in [0.3, 0.4) is 0 Å². The standard InChI is InChI=1S/C14H21N3O4/c1-9-11(20-8-16-9)7-15-12(18)10-5-6-17(10)13(19)21-14(2,3)4/h8,10H,5-7H2,1-4H3,(H,15,18)/t10-/m1/s1. The van der Waals surface area contributed by atoms with Crippen molar-refractivity contribution >= 4 is 12.0 Å². The molecular formula is C14H21N3O4. The SMILES string of the molecule is Cc1ncoc1CNC(=O)[C@H]1CCN1C(=O)OC(C)(C)C. The Morgan fingerprint density at radius 3 is 2.71 bits per heavy atom. The second-order valence-electron chi connectivity index (χ2n) is 6.06. The minimum absolute atomic E-state index is 0.206. The summed E-state index contributed by atoms with van der Waals surface area (Å²) in [6, 6.07) is -0.469. The molecular weight excluding hydrogens is 274 g/mol. The molecule has 1 aliphatic heterocycles. The van der Waals surface area contributed by atoms with Gasteiger partial charge in [-0.1, -0.05) is 0 Å². The number of aromatic nitrogens is 1. The van der Waals surface area contributed by atoms with Crippen molar-refractivity contribution in [3.8, 4) is 0 Å². The number of amides is 2. The second-order valence-corrected chi connectivity index (χ2v) is 6.06. The molecule has 21 heavy (non-hydrogen) atoms. The Morgan fingerprint density at radius 2 is 2.24 bits per heavy atom. The molecule has 1 fully saturated rings. The molecule has 2 amide bonds. The van der Waals surface area contributed by atoms with Crippen molar-refractivity contribution in [2.24, 2.45) is 0 Å². The van der Waals surface area contributed by atoms with Crippen LogP contribution in [0.1, 0.15) is 38.6 Å². The quantitative estimate of drug-likeness (QED) is 0.915. The zero-order valence-electron chi connectivity index (χ0n) is 12.8. The van der Waals surface area contributed by atoms with Gasteiger partial charge in [-0.2, -0.15) is 0 Å². The predicted molar refractivity (Wildman–Crippen MR) is 74.4 cm³/mol. The van der Waals surface area contributed by atoms with Gasteiger partial charge in [-0.15, -0.1) is 0 Å². The van der Waals surface area contributed by atoms with Crippen molar-refractivity contribution in [2.45, 2.75) is 52.3 Å². The first kappa shape index (κ1) is 15.3. The predicted octanol–water partition coefficient (Wildman–Crippen LogP) is 1.61. The molecule has 0 bridgehead atoms. The van der Waals surface area contributed by atoms with Crippen molar-refractivity contribution in [1.82, 2.24) is 15.2 Å². The average Bonchev–Trinajstić information content (AvgIpc) is 2.68. The second kappa shape index (κ2) is 5.75. The summed E-state index contributed by atoms with van der Waals surface area (Å²) in [6.45, 7) is 8.00. The molecule has 7 nitrogen and oxygen atoms in total. The summed E-state index contributed by atoms with van der Waals surface area (Å²) < 4.78 is 10.4. The third-order valence-corrected chi connectivity index (χ3v) is 3.22. The van der Waals surface area contributed by atoms with E-state index in [1.807, 2.05) is 0 Å². The van der Waals surface area contributed by atoms with E-state index in [4.69, 9.17) is 9.15 Å². The van der Waals surface area contributed by atoms with Crippen molar-refractivity contribution in [3.05, 3.63) is 17.8 Å². The van der Waals surface area contributed by atoms with Crippen molar-refractivity contribution < 1.29 is 18.7 Å². The molecule has 1 saturated heterocycles. The normalized spacial score (nSPS) is 18.1. The van der Waals surface area contributed by atoms with E-state index >= 15 is 0 Å². The van der Waals surface area contributed by atoms with Crippen LogP contribution in [0.15, 0.2) is 10.8 Å². The van der Waals surface area contributed by atoms with Crippen LogP contribution in [0, 0.1) is 6.92 Å². The number of carbonyl (C=O) groups excluding carboxylic acids is 2. The molecule has 116 valence electrons. The van der Waals surface area contributed by atoms with Crippen LogP contribution in [-0.2, 0) is 16.1 Å². The van der Waals surface area contributed by atoms with E-state index in [0.29, 0.717) is 18.7 Å². The Balaban J connectivity index is 1.86. The summed E-state index contributed by atoms with van der Waals surface area (Å²) in [7, 11) is 0. The third kappa shape index (κ3) is 3.74. The lowest BCUT2D eigenvalue weighted by Gasteiger charge is -2.40. The summed E-state index contributed by atoms with van der Waals surface area (Å²) >= 11 is 0. The molecule has 1 N–H and O–H groups in total. The molecule has 0 saturated carbocycles. The van der Waals surface area contributed by atoms with E-state index in [2.05, 4.69) is 10.3 Å². The number of hydrogen-bond acceptors (Lipinski definition) is 5. The van der Waals surface area contributed by atoms with E-state index in [1.54, 1.807) is 27.7 Å². The lowest BCUT2D eigenvalue weighted by Crippen LogP contribution is -2.59. The minimum atomic E-state index is -0.565. The first-order valence-corrected chi connectivity index (χ1v) is 6.94. The Morgan fingerprint density at radius 1 is 1.52 bits per heavy atom. The monoisotopic (exact) mass is 295 g/mol. The number of carbonyl (C=O) groups is 2. The van der Waals surface area contributed by atoms with Crippen LogP contribution in [0.5, 0.6) is 0 Å². The van der Waals surface area contributed by atoms with Gasteiger partial charge < -0.3 is 14.5 Å². The first-order valence-electron chi connectivity index (χ1n) is 6.94. The fourth-order valence-corrected chi connectivity index (χ4v) is 1.98. The van der Waals surface area contributed by atoms with Crippen molar-refractivity contribution in [3.63, 3.8) is 0 Å². The number of nitrogens with zero attached hydrogens (tertiary/aromatic N) is 2. The summed E-state index contributed by atoms with van der Waals surface area (Å²) in [5.74, 6) is 0.411. The highest BCUT2D eigenvalue weighted by Crippen LogP contribution is 2.21. The van der Waals surface area contributed by atoms with Gasteiger partial charge in [0, 0.05) is 6.54 Å². The van der Waals surface area contributed by atoms with Gasteiger partial charge >= 0.3 is 6.09 Å². The Hall–Kier alpha value is -2.05. The van der Waals surface area contributed by atoms with Gasteiger partial charge in [0.1, 0.15) is 17.4 Å². The molecule has 0 aliphatic carbocycles. The average molecular weight is 295 g/mol. The largest absolute Gasteiger partial charge is 0.446 e. The lowest BCUT2D eigenvalue weighted by molar-refractivity contribution is -0.130. The molecule has 1 atom stereocenters. The number of hydrogen-bond donors (Lipinski definition) is 1. The highest BCUT2D eigenvalue weighted by molar-refractivity contribution is 5.87. The Labute approximate surface area is 123 Å². The molecule has 0 radical (unpaired) electrons. The zero-order chi connectivity index (χ0) is 15.6. The van der Waals surface area contributed by atoms with Crippen LogP contribution >= 0.6 is 0 Å². The van der Waals surface area contributed by atoms with E-state index < -0.39 is 17.7 Å². The number of rotatable bonds is 3. The molecule has 2 heterocycles. The van der Waals surface area contributed by atoms with Gasteiger partial charge in [-0.25, -0.2) is 9.78 Å². The van der Waals surface area contributed by atoms with Crippen LogP contribution in [0.2, 0.25) is 0 Å². The molecule has 0 spiro atoms. The topological polar surface area (TPSA) is 84.7 Å². The first-order chi connectivity index (χ1) is 9.78. The van der Waals surface area contributed by atoms with Gasteiger partial charge in [0.2, 0.25) is 5.91 Å². The number of likely N-dealkylation sites (tertiary alicyclic amines) is 1. The van der Waals surface area contributed by atoms with Gasteiger partial charge in [-0.05, 0) is 34.1 Å². The number of oxazole rings is 1. The highest BCUT2D eigenvalue weighted by atomic mass is 16.6. The molecule has 1 aliphatic rings. The van der Waals surface area contributed by atoms with E-state index in [-0.39, 0.29) is 12.5 Å². The molecule has 1 aromatic heterocycles. The fraction of sp³-hybridized carbons (Fsp3) is 0.643. The summed E-state index contributed by atoms with van der Waals surface area (Å²) in [5.41, 5.74) is 0.179. The maximum atomic E-state index is 12.1. The molecule has 2 rings (SSSR count). The van der Waals surface area contributed by atoms with Crippen LogP contribution in [0.25, 0.3) is 0 Å². The number of aryl methyl sites for hydroxylation is 1. The van der Waals surface area contributed by atoms with E-state index in [1.165, 1.54) is 11.3 Å². The van der Waals surface area contributed by atoms with Gasteiger partial charge in [0.25, 0.3) is 0 Å². The maximum Gasteiger partial charge on any atom is 0.410 e. The number of ether oxygens (including phenoxy) is 1. The smallest absolute Gasteiger partial charge is 0.410 e. The third-order valence-electron chi connectivity index (χ3n) is 3.22. The van der Waals surface area contributed by atoms with Crippen LogP contribution in [-0.4, -0.2) is 40.1 Å². The molecule has 1 aromatic rings. The van der Waals surface area contributed by atoms with E-state index in [0.717, 1.165) is 5.69 Å². The van der Waals surface area contributed by atoms with Gasteiger partial charge in [0.05, 0.1) is 12.2 Å². The molecule has 0 unspecified atom stereocenters. The highest BCUT2D eigenvalue weighted by Gasteiger charge is 2.39. The van der Waals surface area contributed by atoms with E-state index in [9.17, 15) is 9.59 Å². The number of nitrogens with one attached hydrogen (secondary N) is 1.